The van der Waals surface area contributed by atoms with Crippen molar-refractivity contribution in [1.29, 1.82) is 0 Å². The summed E-state index contributed by atoms with van der Waals surface area (Å²) in [5, 5.41) is 0. The van der Waals surface area contributed by atoms with E-state index < -0.39 is 23.1 Å². The zero-order chi connectivity index (χ0) is 13.1. The van der Waals surface area contributed by atoms with Gasteiger partial charge in [0.25, 0.3) is 0 Å². The lowest BCUT2D eigenvalue weighted by Gasteiger charge is -2.26. The molecule has 0 bridgehead atoms. The highest BCUT2D eigenvalue weighted by atomic mass is 16.6. The first kappa shape index (κ1) is 14.0. The van der Waals surface area contributed by atoms with E-state index in [0.29, 0.717) is 13.0 Å². The Morgan fingerprint density at radius 2 is 2.00 bits per heavy atom. The van der Waals surface area contributed by atoms with Crippen LogP contribution in [0.5, 0.6) is 0 Å². The summed E-state index contributed by atoms with van der Waals surface area (Å²) in [4.78, 5) is 23.4. The molecule has 1 atom stereocenters. The standard InChI is InChI=1S/C12H20O5/c1-11(2,3)17-9(13)8-12(10(14)15-4)6-5-7-16-12/h5-8H2,1-4H3. The summed E-state index contributed by atoms with van der Waals surface area (Å²) in [6.07, 6.45) is 1.16. The second kappa shape index (κ2) is 5.04. The first-order valence-corrected chi connectivity index (χ1v) is 5.73. The molecule has 17 heavy (non-hydrogen) atoms. The van der Waals surface area contributed by atoms with Crippen molar-refractivity contribution in [2.24, 2.45) is 0 Å². The van der Waals surface area contributed by atoms with Gasteiger partial charge in [-0.05, 0) is 33.6 Å². The Morgan fingerprint density at radius 1 is 1.35 bits per heavy atom. The first-order chi connectivity index (χ1) is 7.79. The fourth-order valence-corrected chi connectivity index (χ4v) is 1.87. The van der Waals surface area contributed by atoms with E-state index in [0.717, 1.165) is 6.42 Å². The van der Waals surface area contributed by atoms with Gasteiger partial charge in [-0.15, -0.1) is 0 Å². The number of methoxy groups -OCH3 is 1. The molecule has 1 fully saturated rings. The number of ether oxygens (including phenoxy) is 3. The van der Waals surface area contributed by atoms with Gasteiger partial charge >= 0.3 is 11.9 Å². The lowest BCUT2D eigenvalue weighted by atomic mass is 9.96. The van der Waals surface area contributed by atoms with Crippen LogP contribution in [0, 0.1) is 0 Å². The molecule has 1 aliphatic rings. The van der Waals surface area contributed by atoms with Crippen LogP contribution in [0.3, 0.4) is 0 Å². The Morgan fingerprint density at radius 3 is 2.41 bits per heavy atom. The molecule has 0 aromatic rings. The van der Waals surface area contributed by atoms with E-state index in [1.165, 1.54) is 7.11 Å². The number of carbonyl (C=O) groups excluding carboxylic acids is 2. The van der Waals surface area contributed by atoms with Gasteiger partial charge in [0.2, 0.25) is 0 Å². The van der Waals surface area contributed by atoms with E-state index in [9.17, 15) is 9.59 Å². The van der Waals surface area contributed by atoms with E-state index in [4.69, 9.17) is 14.2 Å². The van der Waals surface area contributed by atoms with Crippen LogP contribution in [0.1, 0.15) is 40.0 Å². The van der Waals surface area contributed by atoms with Crippen molar-refractivity contribution in [2.45, 2.75) is 51.2 Å². The lowest BCUT2D eigenvalue weighted by molar-refractivity contribution is -0.175. The summed E-state index contributed by atoms with van der Waals surface area (Å²) in [5.74, 6) is -0.939. The molecule has 1 unspecified atom stereocenters. The largest absolute Gasteiger partial charge is 0.467 e. The monoisotopic (exact) mass is 244 g/mol. The molecule has 1 rings (SSSR count). The van der Waals surface area contributed by atoms with Crippen LogP contribution in [0.15, 0.2) is 0 Å². The van der Waals surface area contributed by atoms with Gasteiger partial charge in [0.15, 0.2) is 5.60 Å². The molecule has 5 heteroatoms. The molecule has 0 radical (unpaired) electrons. The summed E-state index contributed by atoms with van der Waals surface area (Å²) in [6, 6.07) is 0. The highest BCUT2D eigenvalue weighted by molar-refractivity contribution is 5.86. The molecule has 1 aliphatic heterocycles. The van der Waals surface area contributed by atoms with Crippen molar-refractivity contribution in [2.75, 3.05) is 13.7 Å². The van der Waals surface area contributed by atoms with Gasteiger partial charge < -0.3 is 14.2 Å². The highest BCUT2D eigenvalue weighted by Crippen LogP contribution is 2.31. The molecule has 1 saturated heterocycles. The maximum atomic E-state index is 11.7. The van der Waals surface area contributed by atoms with E-state index in [-0.39, 0.29) is 6.42 Å². The van der Waals surface area contributed by atoms with Crippen LogP contribution >= 0.6 is 0 Å². The van der Waals surface area contributed by atoms with Gasteiger partial charge in [-0.2, -0.15) is 0 Å². The minimum atomic E-state index is -1.14. The van der Waals surface area contributed by atoms with Gasteiger partial charge in [-0.1, -0.05) is 0 Å². The van der Waals surface area contributed by atoms with E-state index >= 15 is 0 Å². The molecule has 5 nitrogen and oxygen atoms in total. The Balaban J connectivity index is 2.68. The molecule has 0 N–H and O–H groups in total. The molecule has 0 spiro atoms. The van der Waals surface area contributed by atoms with Crippen molar-refractivity contribution in [3.05, 3.63) is 0 Å². The zero-order valence-corrected chi connectivity index (χ0v) is 10.9. The summed E-state index contributed by atoms with van der Waals surface area (Å²) >= 11 is 0. The summed E-state index contributed by atoms with van der Waals surface area (Å²) in [6.45, 7) is 5.82. The van der Waals surface area contributed by atoms with Crippen LogP contribution in [0.2, 0.25) is 0 Å². The van der Waals surface area contributed by atoms with Gasteiger partial charge in [0.1, 0.15) is 5.60 Å². The Bertz CT molecular complexity index is 297. The first-order valence-electron chi connectivity index (χ1n) is 5.73. The van der Waals surface area contributed by atoms with Crippen molar-refractivity contribution in [3.8, 4) is 0 Å². The van der Waals surface area contributed by atoms with Crippen LogP contribution in [-0.4, -0.2) is 36.9 Å². The molecule has 0 aromatic carbocycles. The second-order valence-electron chi connectivity index (χ2n) is 5.20. The van der Waals surface area contributed by atoms with Crippen LogP contribution in [-0.2, 0) is 23.8 Å². The van der Waals surface area contributed by atoms with E-state index in [1.54, 1.807) is 20.8 Å². The zero-order valence-electron chi connectivity index (χ0n) is 10.9. The lowest BCUT2D eigenvalue weighted by Crippen LogP contribution is -2.42. The fraction of sp³-hybridized carbons (Fsp3) is 0.833. The topological polar surface area (TPSA) is 61.8 Å². The van der Waals surface area contributed by atoms with Crippen LogP contribution < -0.4 is 0 Å². The van der Waals surface area contributed by atoms with Gasteiger partial charge in [-0.25, -0.2) is 4.79 Å². The Labute approximate surface area is 101 Å². The Hall–Kier alpha value is -1.10. The smallest absolute Gasteiger partial charge is 0.338 e. The third-order valence-electron chi connectivity index (χ3n) is 2.51. The maximum absolute atomic E-state index is 11.7. The van der Waals surface area contributed by atoms with Crippen LogP contribution in [0.4, 0.5) is 0 Å². The quantitative estimate of drug-likeness (QED) is 0.703. The average molecular weight is 244 g/mol. The van der Waals surface area contributed by atoms with Gasteiger partial charge in [-0.3, -0.25) is 4.79 Å². The molecular weight excluding hydrogens is 224 g/mol. The second-order valence-corrected chi connectivity index (χ2v) is 5.20. The maximum Gasteiger partial charge on any atom is 0.338 e. The number of esters is 2. The molecule has 0 saturated carbocycles. The Kier molecular flexibility index (Phi) is 4.14. The van der Waals surface area contributed by atoms with E-state index in [1.807, 2.05) is 0 Å². The third-order valence-corrected chi connectivity index (χ3v) is 2.51. The minimum absolute atomic E-state index is 0.0864. The van der Waals surface area contributed by atoms with E-state index in [2.05, 4.69) is 0 Å². The van der Waals surface area contributed by atoms with Gasteiger partial charge in [0, 0.05) is 6.61 Å². The normalized spacial score (nSPS) is 24.5. The number of rotatable bonds is 3. The van der Waals surface area contributed by atoms with Crippen molar-refractivity contribution < 1.29 is 23.8 Å². The molecule has 0 aromatic heterocycles. The summed E-state index contributed by atoms with van der Waals surface area (Å²) < 4.78 is 15.3. The molecule has 0 aliphatic carbocycles. The van der Waals surface area contributed by atoms with Crippen LogP contribution in [0.25, 0.3) is 0 Å². The third kappa shape index (κ3) is 3.70. The SMILES string of the molecule is COC(=O)C1(CC(=O)OC(C)(C)C)CCCO1. The number of hydrogen-bond acceptors (Lipinski definition) is 5. The van der Waals surface area contributed by atoms with Crippen molar-refractivity contribution >= 4 is 11.9 Å². The molecule has 98 valence electrons. The fourth-order valence-electron chi connectivity index (χ4n) is 1.87. The highest BCUT2D eigenvalue weighted by Gasteiger charge is 2.46. The predicted molar refractivity (Wildman–Crippen MR) is 60.4 cm³/mol. The number of carbonyl (C=O) groups is 2. The molecular formula is C12H20O5. The van der Waals surface area contributed by atoms with Gasteiger partial charge in [0.05, 0.1) is 13.5 Å². The summed E-state index contributed by atoms with van der Waals surface area (Å²) in [7, 11) is 1.29. The average Bonchev–Trinajstić information content (AvgIpc) is 2.63. The predicted octanol–water partition coefficient (Wildman–Crippen LogP) is 1.44. The minimum Gasteiger partial charge on any atom is -0.467 e. The van der Waals surface area contributed by atoms with Crippen molar-refractivity contribution in [1.82, 2.24) is 0 Å². The molecule has 0 amide bonds. The summed E-state index contributed by atoms with van der Waals surface area (Å²) in [5.41, 5.74) is -1.70. The number of hydrogen-bond donors (Lipinski definition) is 0. The van der Waals surface area contributed by atoms with Crippen molar-refractivity contribution in [3.63, 3.8) is 0 Å². The molecule has 1 heterocycles.